The smallest absolute Gasteiger partial charge is 0.229 e. The second-order valence-electron chi connectivity index (χ2n) is 3.33. The lowest BCUT2D eigenvalue weighted by Crippen LogP contribution is -1.96. The highest BCUT2D eigenvalue weighted by Crippen LogP contribution is 2.41. The highest BCUT2D eigenvalue weighted by atomic mass is 16.5. The molecule has 4 heteroatoms. The molecule has 0 amide bonds. The van der Waals surface area contributed by atoms with Crippen LogP contribution in [0.3, 0.4) is 0 Å². The van der Waals surface area contributed by atoms with Crippen LogP contribution < -0.4 is 0 Å². The van der Waals surface area contributed by atoms with Gasteiger partial charge in [-0.15, -0.1) is 0 Å². The van der Waals surface area contributed by atoms with E-state index >= 15 is 0 Å². The Morgan fingerprint density at radius 3 is 2.92 bits per heavy atom. The summed E-state index contributed by atoms with van der Waals surface area (Å²) in [7, 11) is 0. The zero-order valence-corrected chi connectivity index (χ0v) is 7.03. The molecule has 1 aliphatic rings. The van der Waals surface area contributed by atoms with Gasteiger partial charge in [-0.05, 0) is 18.8 Å². The van der Waals surface area contributed by atoms with Gasteiger partial charge in [0.15, 0.2) is 5.82 Å². The summed E-state index contributed by atoms with van der Waals surface area (Å²) < 4.78 is 5.00. The summed E-state index contributed by atoms with van der Waals surface area (Å²) in [6.07, 6.45) is 2.52. The minimum atomic E-state index is -0.138. The predicted molar refractivity (Wildman–Crippen MR) is 41.4 cm³/mol. The van der Waals surface area contributed by atoms with E-state index in [0.29, 0.717) is 17.6 Å². The van der Waals surface area contributed by atoms with E-state index in [1.807, 2.05) is 0 Å². The van der Waals surface area contributed by atoms with Crippen molar-refractivity contribution in [2.24, 2.45) is 5.92 Å². The van der Waals surface area contributed by atoms with E-state index in [-0.39, 0.29) is 6.61 Å². The summed E-state index contributed by atoms with van der Waals surface area (Å²) in [6, 6.07) is 0. The Kier molecular flexibility index (Phi) is 1.84. The Morgan fingerprint density at radius 1 is 1.67 bits per heavy atom. The lowest BCUT2D eigenvalue weighted by Gasteiger charge is -2.00. The molecule has 12 heavy (non-hydrogen) atoms. The van der Waals surface area contributed by atoms with Crippen molar-refractivity contribution in [3.63, 3.8) is 0 Å². The van der Waals surface area contributed by atoms with E-state index in [9.17, 15) is 0 Å². The topological polar surface area (TPSA) is 59.2 Å². The van der Waals surface area contributed by atoms with E-state index in [0.717, 1.165) is 5.92 Å². The Balaban J connectivity index is 2.10. The fourth-order valence-corrected chi connectivity index (χ4v) is 1.31. The first-order valence-corrected chi connectivity index (χ1v) is 4.24. The number of aromatic nitrogens is 2. The number of aliphatic hydroxyl groups excluding tert-OH is 1. The number of aliphatic hydroxyl groups is 1. The number of nitrogens with zero attached hydrogens (tertiary/aromatic N) is 2. The van der Waals surface area contributed by atoms with Crippen molar-refractivity contribution >= 4 is 0 Å². The second kappa shape index (κ2) is 2.86. The number of rotatable bonds is 3. The van der Waals surface area contributed by atoms with Gasteiger partial charge >= 0.3 is 0 Å². The van der Waals surface area contributed by atoms with Crippen molar-refractivity contribution in [2.45, 2.75) is 32.3 Å². The quantitative estimate of drug-likeness (QED) is 0.733. The fraction of sp³-hybridized carbons (Fsp3) is 0.750. The molecule has 0 radical (unpaired) electrons. The summed E-state index contributed by atoms with van der Waals surface area (Å²) in [6.45, 7) is 1.95. The fourth-order valence-electron chi connectivity index (χ4n) is 1.31. The zero-order chi connectivity index (χ0) is 8.55. The van der Waals surface area contributed by atoms with Crippen LogP contribution in [-0.2, 0) is 6.61 Å². The third-order valence-corrected chi connectivity index (χ3v) is 2.34. The average Bonchev–Trinajstić information content (AvgIpc) is 2.82. The van der Waals surface area contributed by atoms with Gasteiger partial charge in [0.2, 0.25) is 5.89 Å². The van der Waals surface area contributed by atoms with E-state index in [4.69, 9.17) is 9.63 Å². The molecule has 1 atom stereocenters. The minimum absolute atomic E-state index is 0.138. The Morgan fingerprint density at radius 2 is 2.42 bits per heavy atom. The van der Waals surface area contributed by atoms with Crippen LogP contribution in [0.5, 0.6) is 0 Å². The molecular formula is C8H12N2O2. The minimum Gasteiger partial charge on any atom is -0.388 e. The zero-order valence-electron chi connectivity index (χ0n) is 7.03. The molecule has 1 unspecified atom stereocenters. The Hall–Kier alpha value is -0.900. The van der Waals surface area contributed by atoms with Gasteiger partial charge in [-0.2, -0.15) is 4.98 Å². The van der Waals surface area contributed by atoms with Gasteiger partial charge in [-0.1, -0.05) is 12.1 Å². The van der Waals surface area contributed by atoms with Gasteiger partial charge in [0.25, 0.3) is 0 Å². The Labute approximate surface area is 70.6 Å². The van der Waals surface area contributed by atoms with Crippen molar-refractivity contribution in [1.29, 1.82) is 0 Å². The Bertz CT molecular complexity index is 268. The first kappa shape index (κ1) is 7.73. The van der Waals surface area contributed by atoms with Gasteiger partial charge in [-0.25, -0.2) is 0 Å². The standard InChI is InChI=1S/C8H12N2O2/c1-5(6-2-3-6)8-9-7(4-11)10-12-8/h5-6,11H,2-4H2,1H3. The van der Waals surface area contributed by atoms with Crippen LogP contribution in [0.15, 0.2) is 4.52 Å². The summed E-state index contributed by atoms with van der Waals surface area (Å²) in [5.41, 5.74) is 0. The van der Waals surface area contributed by atoms with Gasteiger partial charge in [0.1, 0.15) is 6.61 Å². The number of hydrogen-bond donors (Lipinski definition) is 1. The van der Waals surface area contributed by atoms with Crippen LogP contribution in [0.1, 0.15) is 37.4 Å². The van der Waals surface area contributed by atoms with E-state index < -0.39 is 0 Å². The lowest BCUT2D eigenvalue weighted by atomic mass is 10.1. The van der Waals surface area contributed by atoms with Crippen molar-refractivity contribution in [3.05, 3.63) is 11.7 Å². The monoisotopic (exact) mass is 168 g/mol. The molecule has 0 aromatic carbocycles. The van der Waals surface area contributed by atoms with Gasteiger partial charge in [-0.3, -0.25) is 0 Å². The summed E-state index contributed by atoms with van der Waals surface area (Å²) in [4.78, 5) is 4.06. The summed E-state index contributed by atoms with van der Waals surface area (Å²) >= 11 is 0. The van der Waals surface area contributed by atoms with Gasteiger partial charge in [0.05, 0.1) is 0 Å². The van der Waals surface area contributed by atoms with Crippen molar-refractivity contribution in [3.8, 4) is 0 Å². The molecule has 1 aromatic rings. The first-order valence-electron chi connectivity index (χ1n) is 4.24. The molecule has 0 bridgehead atoms. The second-order valence-corrected chi connectivity index (χ2v) is 3.33. The van der Waals surface area contributed by atoms with E-state index in [1.165, 1.54) is 12.8 Å². The molecule has 66 valence electrons. The molecule has 1 saturated carbocycles. The molecule has 0 spiro atoms. The predicted octanol–water partition coefficient (Wildman–Crippen LogP) is 1.08. The molecule has 1 aromatic heterocycles. The highest BCUT2D eigenvalue weighted by Gasteiger charge is 2.32. The van der Waals surface area contributed by atoms with Crippen LogP contribution in [0.4, 0.5) is 0 Å². The van der Waals surface area contributed by atoms with Crippen LogP contribution >= 0.6 is 0 Å². The molecule has 2 rings (SSSR count). The maximum absolute atomic E-state index is 8.70. The molecule has 0 saturated heterocycles. The molecule has 4 nitrogen and oxygen atoms in total. The largest absolute Gasteiger partial charge is 0.388 e. The molecule has 1 N–H and O–H groups in total. The molecular weight excluding hydrogens is 156 g/mol. The SMILES string of the molecule is CC(c1nc(CO)no1)C1CC1. The van der Waals surface area contributed by atoms with Crippen LogP contribution in [0, 0.1) is 5.92 Å². The normalized spacial score (nSPS) is 19.5. The molecule has 0 aliphatic heterocycles. The van der Waals surface area contributed by atoms with E-state index in [1.54, 1.807) is 0 Å². The van der Waals surface area contributed by atoms with Crippen molar-refractivity contribution in [1.82, 2.24) is 10.1 Å². The highest BCUT2D eigenvalue weighted by molar-refractivity contribution is 4.98. The summed E-state index contributed by atoms with van der Waals surface area (Å²) in [5.74, 6) is 2.13. The van der Waals surface area contributed by atoms with E-state index in [2.05, 4.69) is 17.1 Å². The van der Waals surface area contributed by atoms with Crippen LogP contribution in [0.25, 0.3) is 0 Å². The third-order valence-electron chi connectivity index (χ3n) is 2.34. The van der Waals surface area contributed by atoms with Gasteiger partial charge in [0, 0.05) is 5.92 Å². The van der Waals surface area contributed by atoms with Crippen LogP contribution in [-0.4, -0.2) is 15.2 Å². The molecule has 1 heterocycles. The molecule has 1 aliphatic carbocycles. The van der Waals surface area contributed by atoms with Crippen molar-refractivity contribution < 1.29 is 9.63 Å². The maximum Gasteiger partial charge on any atom is 0.229 e. The van der Waals surface area contributed by atoms with Gasteiger partial charge < -0.3 is 9.63 Å². The maximum atomic E-state index is 8.70. The third kappa shape index (κ3) is 1.34. The summed E-state index contributed by atoms with van der Waals surface area (Å²) in [5, 5.41) is 12.3. The number of hydrogen-bond acceptors (Lipinski definition) is 4. The first-order chi connectivity index (χ1) is 5.81. The average molecular weight is 168 g/mol. The van der Waals surface area contributed by atoms with Crippen LogP contribution in [0.2, 0.25) is 0 Å². The van der Waals surface area contributed by atoms with Crippen molar-refractivity contribution in [2.75, 3.05) is 0 Å². The molecule has 1 fully saturated rings. The lowest BCUT2D eigenvalue weighted by molar-refractivity contribution is 0.262.